The number of hydrogen-bond donors (Lipinski definition) is 0. The standard InChI is InChI=1S/C20H23ClN4O2S/c1-13-12-27-8-7-25(13)14-9-18(23-20(10-14)24-28(2,3)26)16-11-19(21)22-17-6-4-5-15(16)17/h4-5,9-11,13H,6-8,12H2,1-3H3/t13-/m1/s1. The molecular weight excluding hydrogens is 396 g/mol. The van der Waals surface area contributed by atoms with Crippen molar-refractivity contribution in [2.24, 2.45) is 4.36 Å². The molecule has 6 nitrogen and oxygen atoms in total. The van der Waals surface area contributed by atoms with Crippen LogP contribution < -0.4 is 4.90 Å². The summed E-state index contributed by atoms with van der Waals surface area (Å²) in [5.41, 5.74) is 4.64. The maximum absolute atomic E-state index is 12.3. The Bertz CT molecular complexity index is 1070. The molecule has 2 aliphatic rings. The van der Waals surface area contributed by atoms with Gasteiger partial charge in [0.15, 0.2) is 5.82 Å². The SMILES string of the molecule is C[C@@H]1COCCN1c1cc(N=S(C)(C)=O)nc(-c2cc(Cl)nc3c2C=CC3)c1. The molecule has 0 aromatic carbocycles. The van der Waals surface area contributed by atoms with Gasteiger partial charge in [0, 0.05) is 64.1 Å². The quantitative estimate of drug-likeness (QED) is 0.706. The number of ether oxygens (including phenoxy) is 1. The summed E-state index contributed by atoms with van der Waals surface area (Å²) < 4.78 is 22.3. The second-order valence-electron chi connectivity index (χ2n) is 7.42. The number of fused-ring (bicyclic) bond motifs is 1. The highest BCUT2D eigenvalue weighted by molar-refractivity contribution is 7.92. The lowest BCUT2D eigenvalue weighted by Gasteiger charge is -2.35. The van der Waals surface area contributed by atoms with E-state index in [4.69, 9.17) is 21.3 Å². The zero-order valence-corrected chi connectivity index (χ0v) is 17.8. The number of anilines is 1. The van der Waals surface area contributed by atoms with Gasteiger partial charge in [0.25, 0.3) is 0 Å². The fourth-order valence-electron chi connectivity index (χ4n) is 3.60. The molecule has 3 heterocycles. The Morgan fingerprint density at radius 1 is 1.29 bits per heavy atom. The molecule has 1 saturated heterocycles. The van der Waals surface area contributed by atoms with Gasteiger partial charge < -0.3 is 9.64 Å². The molecule has 148 valence electrons. The smallest absolute Gasteiger partial charge is 0.164 e. The van der Waals surface area contributed by atoms with Crippen LogP contribution >= 0.6 is 11.6 Å². The monoisotopic (exact) mass is 418 g/mol. The predicted molar refractivity (Wildman–Crippen MR) is 115 cm³/mol. The van der Waals surface area contributed by atoms with Crippen LogP contribution in [0.3, 0.4) is 0 Å². The molecular formula is C20H23ClN4O2S. The van der Waals surface area contributed by atoms with Crippen LogP contribution in [0.25, 0.3) is 17.3 Å². The largest absolute Gasteiger partial charge is 0.377 e. The van der Waals surface area contributed by atoms with E-state index in [-0.39, 0.29) is 6.04 Å². The van der Waals surface area contributed by atoms with Crippen molar-refractivity contribution in [2.75, 3.05) is 37.2 Å². The topological polar surface area (TPSA) is 67.7 Å². The summed E-state index contributed by atoms with van der Waals surface area (Å²) in [6.45, 7) is 4.25. The molecule has 2 aromatic rings. The van der Waals surface area contributed by atoms with Gasteiger partial charge in [0.2, 0.25) is 0 Å². The molecule has 0 radical (unpaired) electrons. The van der Waals surface area contributed by atoms with Crippen molar-refractivity contribution in [3.63, 3.8) is 0 Å². The lowest BCUT2D eigenvalue weighted by molar-refractivity contribution is 0.0989. The van der Waals surface area contributed by atoms with Gasteiger partial charge in [0.1, 0.15) is 5.15 Å². The highest BCUT2D eigenvalue weighted by atomic mass is 35.5. The molecule has 0 spiro atoms. The molecule has 28 heavy (non-hydrogen) atoms. The first kappa shape index (κ1) is 19.4. The molecule has 8 heteroatoms. The van der Waals surface area contributed by atoms with Gasteiger partial charge in [-0.2, -0.15) is 4.36 Å². The second-order valence-corrected chi connectivity index (χ2v) is 10.4. The lowest BCUT2D eigenvalue weighted by atomic mass is 10.0. The van der Waals surface area contributed by atoms with E-state index in [1.165, 1.54) is 0 Å². The Morgan fingerprint density at radius 2 is 2.11 bits per heavy atom. The Labute approximate surface area is 170 Å². The van der Waals surface area contributed by atoms with Crippen LogP contribution in [0.4, 0.5) is 11.5 Å². The molecule has 1 atom stereocenters. The third-order valence-electron chi connectivity index (χ3n) is 4.79. The van der Waals surface area contributed by atoms with Gasteiger partial charge in [-0.05, 0) is 19.1 Å². The van der Waals surface area contributed by atoms with Crippen LogP contribution in [-0.2, 0) is 20.9 Å². The molecule has 0 amide bonds. The Hall–Kier alpha value is -1.96. The third-order valence-corrected chi connectivity index (χ3v) is 5.61. The molecule has 0 bridgehead atoms. The maximum Gasteiger partial charge on any atom is 0.164 e. The maximum atomic E-state index is 12.3. The number of hydrogen-bond acceptors (Lipinski definition) is 6. The summed E-state index contributed by atoms with van der Waals surface area (Å²) in [6, 6.07) is 6.02. The van der Waals surface area contributed by atoms with Crippen molar-refractivity contribution in [1.29, 1.82) is 0 Å². The van der Waals surface area contributed by atoms with Gasteiger partial charge in [-0.15, -0.1) is 0 Å². The number of aromatic nitrogens is 2. The minimum atomic E-state index is -2.34. The van der Waals surface area contributed by atoms with Crippen LogP contribution in [0.2, 0.25) is 5.15 Å². The zero-order chi connectivity index (χ0) is 19.9. The Balaban J connectivity index is 1.90. The van der Waals surface area contributed by atoms with E-state index in [0.717, 1.165) is 41.2 Å². The first-order valence-corrected chi connectivity index (χ1v) is 11.9. The molecule has 1 aliphatic heterocycles. The van der Waals surface area contributed by atoms with E-state index in [0.29, 0.717) is 24.2 Å². The first-order chi connectivity index (χ1) is 13.3. The summed E-state index contributed by atoms with van der Waals surface area (Å²) in [7, 11) is -2.34. The van der Waals surface area contributed by atoms with Crippen molar-refractivity contribution < 1.29 is 8.95 Å². The number of nitrogens with zero attached hydrogens (tertiary/aromatic N) is 4. The van der Waals surface area contributed by atoms with Crippen LogP contribution in [0.5, 0.6) is 0 Å². The number of halogens is 1. The molecule has 4 rings (SSSR count). The predicted octanol–water partition coefficient (Wildman–Crippen LogP) is 3.95. The Morgan fingerprint density at radius 3 is 2.86 bits per heavy atom. The molecule has 0 unspecified atom stereocenters. The summed E-state index contributed by atoms with van der Waals surface area (Å²) in [5.74, 6) is 0.463. The number of morpholine rings is 1. The average Bonchev–Trinajstić information content (AvgIpc) is 3.08. The van der Waals surface area contributed by atoms with E-state index < -0.39 is 9.73 Å². The molecule has 1 aliphatic carbocycles. The van der Waals surface area contributed by atoms with Gasteiger partial charge in [-0.3, -0.25) is 0 Å². The fourth-order valence-corrected chi connectivity index (χ4v) is 4.36. The minimum Gasteiger partial charge on any atom is -0.377 e. The van der Waals surface area contributed by atoms with Gasteiger partial charge in [0.05, 0.1) is 24.6 Å². The highest BCUT2D eigenvalue weighted by Gasteiger charge is 2.22. The third kappa shape index (κ3) is 4.06. The van der Waals surface area contributed by atoms with E-state index in [2.05, 4.69) is 33.3 Å². The molecule has 1 fully saturated rings. The zero-order valence-electron chi connectivity index (χ0n) is 16.2. The van der Waals surface area contributed by atoms with Crippen molar-refractivity contribution in [2.45, 2.75) is 19.4 Å². The normalized spacial score (nSPS) is 19.0. The van der Waals surface area contributed by atoms with Crippen molar-refractivity contribution in [3.05, 3.63) is 40.7 Å². The first-order valence-electron chi connectivity index (χ1n) is 9.20. The van der Waals surface area contributed by atoms with Crippen molar-refractivity contribution in [3.8, 4) is 11.3 Å². The summed E-state index contributed by atoms with van der Waals surface area (Å²) in [5, 5.41) is 0.442. The number of pyridine rings is 2. The minimum absolute atomic E-state index is 0.232. The average molecular weight is 419 g/mol. The highest BCUT2D eigenvalue weighted by Crippen LogP contribution is 2.35. The van der Waals surface area contributed by atoms with Gasteiger partial charge in [-0.25, -0.2) is 14.2 Å². The molecule has 2 aromatic heterocycles. The number of allylic oxidation sites excluding steroid dienone is 1. The second kappa shape index (κ2) is 7.46. The van der Waals surface area contributed by atoms with Crippen LogP contribution in [0.1, 0.15) is 18.2 Å². The Kier molecular flexibility index (Phi) is 5.16. The van der Waals surface area contributed by atoms with E-state index in [9.17, 15) is 4.21 Å². The van der Waals surface area contributed by atoms with Crippen LogP contribution in [0, 0.1) is 0 Å². The molecule has 0 N–H and O–H groups in total. The number of rotatable bonds is 3. The van der Waals surface area contributed by atoms with E-state index in [1.54, 1.807) is 12.5 Å². The lowest BCUT2D eigenvalue weighted by Crippen LogP contribution is -2.43. The van der Waals surface area contributed by atoms with Crippen LogP contribution in [0.15, 0.2) is 28.6 Å². The van der Waals surface area contributed by atoms with Crippen LogP contribution in [-0.4, -0.2) is 52.5 Å². The summed E-state index contributed by atoms with van der Waals surface area (Å²) in [6.07, 6.45) is 8.11. The fraction of sp³-hybridized carbons (Fsp3) is 0.400. The van der Waals surface area contributed by atoms with E-state index >= 15 is 0 Å². The molecule has 0 saturated carbocycles. The summed E-state index contributed by atoms with van der Waals surface area (Å²) >= 11 is 6.27. The van der Waals surface area contributed by atoms with Gasteiger partial charge >= 0.3 is 0 Å². The van der Waals surface area contributed by atoms with Gasteiger partial charge in [-0.1, -0.05) is 23.8 Å². The van der Waals surface area contributed by atoms with E-state index in [1.807, 2.05) is 18.2 Å². The van der Waals surface area contributed by atoms with Crippen molar-refractivity contribution >= 4 is 38.9 Å². The van der Waals surface area contributed by atoms with Crippen molar-refractivity contribution in [1.82, 2.24) is 9.97 Å². The summed E-state index contributed by atoms with van der Waals surface area (Å²) in [4.78, 5) is 11.4.